The van der Waals surface area contributed by atoms with Crippen LogP contribution in [0.15, 0.2) is 36.4 Å². The van der Waals surface area contributed by atoms with Crippen LogP contribution in [-0.4, -0.2) is 29.2 Å². The monoisotopic (exact) mass is 284 g/mol. The zero-order valence-corrected chi connectivity index (χ0v) is 11.7. The molecule has 1 aromatic heterocycles. The minimum atomic E-state index is -0.962. The number of rotatable bonds is 2. The van der Waals surface area contributed by atoms with Crippen LogP contribution < -0.4 is 9.64 Å². The van der Waals surface area contributed by atoms with E-state index in [1.165, 1.54) is 0 Å². The second-order valence-corrected chi connectivity index (χ2v) is 5.01. The Kier molecular flexibility index (Phi) is 3.48. The van der Waals surface area contributed by atoms with Gasteiger partial charge in [0.2, 0.25) is 0 Å². The average Bonchev–Trinajstić information content (AvgIpc) is 2.68. The van der Waals surface area contributed by atoms with Crippen LogP contribution in [-0.2, 0) is 6.54 Å². The van der Waals surface area contributed by atoms with Crippen molar-refractivity contribution in [3.63, 3.8) is 0 Å². The third-order valence-electron chi connectivity index (χ3n) is 3.50. The van der Waals surface area contributed by atoms with Crippen LogP contribution >= 0.6 is 0 Å². The molecule has 21 heavy (non-hydrogen) atoms. The summed E-state index contributed by atoms with van der Waals surface area (Å²) in [5, 5.41) is 9.35. The summed E-state index contributed by atoms with van der Waals surface area (Å²) in [6, 6.07) is 11.1. The first kappa shape index (κ1) is 13.4. The molecule has 3 rings (SSSR count). The highest BCUT2D eigenvalue weighted by Crippen LogP contribution is 2.27. The molecular weight excluding hydrogens is 268 g/mol. The van der Waals surface area contributed by atoms with E-state index in [4.69, 9.17) is 4.74 Å². The number of nitrogens with zero attached hydrogens (tertiary/aromatic N) is 2. The standard InChI is InChI=1S/C16H16N2O3/c1-11-6-7-13(16(19)20)15(17-11)18-8-9-21-14-5-3-2-4-12(14)10-18/h2-7H,8-10H2,1H3,(H,19,20). The maximum absolute atomic E-state index is 11.4. The fourth-order valence-electron chi connectivity index (χ4n) is 2.46. The van der Waals surface area contributed by atoms with Crippen molar-refractivity contribution in [3.05, 3.63) is 53.2 Å². The van der Waals surface area contributed by atoms with E-state index in [0.29, 0.717) is 25.5 Å². The number of hydrogen-bond acceptors (Lipinski definition) is 4. The number of hydrogen-bond donors (Lipinski definition) is 1. The predicted molar refractivity (Wildman–Crippen MR) is 78.9 cm³/mol. The van der Waals surface area contributed by atoms with E-state index >= 15 is 0 Å². The van der Waals surface area contributed by atoms with Crippen LogP contribution in [0.25, 0.3) is 0 Å². The van der Waals surface area contributed by atoms with Gasteiger partial charge in [-0.05, 0) is 25.1 Å². The molecule has 0 amide bonds. The normalized spacial score (nSPS) is 14.0. The maximum Gasteiger partial charge on any atom is 0.339 e. The van der Waals surface area contributed by atoms with Gasteiger partial charge < -0.3 is 14.7 Å². The molecule has 0 aliphatic carbocycles. The third-order valence-corrected chi connectivity index (χ3v) is 3.50. The number of aryl methyl sites for hydroxylation is 1. The van der Waals surface area contributed by atoms with Crippen LogP contribution in [0.4, 0.5) is 5.82 Å². The molecule has 0 bridgehead atoms. The summed E-state index contributed by atoms with van der Waals surface area (Å²) in [5.41, 5.74) is 2.06. The number of aromatic carboxylic acids is 1. The summed E-state index contributed by atoms with van der Waals surface area (Å²) < 4.78 is 5.71. The summed E-state index contributed by atoms with van der Waals surface area (Å²) in [7, 11) is 0. The summed E-state index contributed by atoms with van der Waals surface area (Å²) in [6.45, 7) is 3.56. The van der Waals surface area contributed by atoms with Gasteiger partial charge in [-0.3, -0.25) is 0 Å². The van der Waals surface area contributed by atoms with Crippen molar-refractivity contribution in [2.75, 3.05) is 18.1 Å². The highest BCUT2D eigenvalue weighted by atomic mass is 16.5. The third kappa shape index (κ3) is 2.67. The molecule has 2 aromatic rings. The number of fused-ring (bicyclic) bond motifs is 1. The molecule has 0 spiro atoms. The van der Waals surface area contributed by atoms with E-state index in [1.54, 1.807) is 12.1 Å². The molecule has 2 heterocycles. The molecule has 1 aliphatic heterocycles. The Balaban J connectivity index is 2.01. The second-order valence-electron chi connectivity index (χ2n) is 5.01. The number of para-hydroxylation sites is 1. The summed E-state index contributed by atoms with van der Waals surface area (Å²) in [5.74, 6) is 0.392. The van der Waals surface area contributed by atoms with Gasteiger partial charge in [0.15, 0.2) is 0 Å². The number of carboxylic acid groups (broad SMARTS) is 1. The number of aromatic nitrogens is 1. The molecule has 0 unspecified atom stereocenters. The summed E-state index contributed by atoms with van der Waals surface area (Å²) in [4.78, 5) is 17.8. The van der Waals surface area contributed by atoms with E-state index < -0.39 is 5.97 Å². The smallest absolute Gasteiger partial charge is 0.339 e. The van der Waals surface area contributed by atoms with Gasteiger partial charge in [0.1, 0.15) is 23.7 Å². The number of benzene rings is 1. The number of pyridine rings is 1. The first-order valence-electron chi connectivity index (χ1n) is 6.82. The zero-order chi connectivity index (χ0) is 14.8. The molecule has 0 saturated heterocycles. The molecule has 0 fully saturated rings. The minimum Gasteiger partial charge on any atom is -0.491 e. The van der Waals surface area contributed by atoms with Crippen molar-refractivity contribution in [1.29, 1.82) is 0 Å². The highest BCUT2D eigenvalue weighted by molar-refractivity contribution is 5.93. The molecular formula is C16H16N2O3. The summed E-state index contributed by atoms with van der Waals surface area (Å²) >= 11 is 0. The first-order chi connectivity index (χ1) is 10.1. The Bertz CT molecular complexity index is 685. The number of carbonyl (C=O) groups is 1. The van der Waals surface area contributed by atoms with Crippen molar-refractivity contribution in [3.8, 4) is 5.75 Å². The lowest BCUT2D eigenvalue weighted by molar-refractivity contribution is 0.0697. The Morgan fingerprint density at radius 1 is 1.29 bits per heavy atom. The lowest BCUT2D eigenvalue weighted by Gasteiger charge is -2.22. The number of carboxylic acids is 1. The molecule has 0 atom stereocenters. The van der Waals surface area contributed by atoms with E-state index in [1.807, 2.05) is 36.1 Å². The molecule has 1 aromatic carbocycles. The fourth-order valence-corrected chi connectivity index (χ4v) is 2.46. The lowest BCUT2D eigenvalue weighted by Crippen LogP contribution is -2.28. The average molecular weight is 284 g/mol. The van der Waals surface area contributed by atoms with Crippen LogP contribution in [0.3, 0.4) is 0 Å². The first-order valence-corrected chi connectivity index (χ1v) is 6.82. The van der Waals surface area contributed by atoms with Crippen LogP contribution in [0.2, 0.25) is 0 Å². The van der Waals surface area contributed by atoms with Crippen molar-refractivity contribution >= 4 is 11.8 Å². The van der Waals surface area contributed by atoms with Crippen molar-refractivity contribution < 1.29 is 14.6 Å². The Morgan fingerprint density at radius 3 is 2.90 bits per heavy atom. The van der Waals surface area contributed by atoms with Crippen LogP contribution in [0.1, 0.15) is 21.6 Å². The van der Waals surface area contributed by atoms with Gasteiger partial charge in [0.05, 0.1) is 6.54 Å². The lowest BCUT2D eigenvalue weighted by atomic mass is 10.1. The Labute approximate surface area is 122 Å². The molecule has 5 nitrogen and oxygen atoms in total. The van der Waals surface area contributed by atoms with E-state index in [-0.39, 0.29) is 5.56 Å². The second kappa shape index (κ2) is 5.44. The molecule has 0 radical (unpaired) electrons. The quantitative estimate of drug-likeness (QED) is 0.918. The largest absolute Gasteiger partial charge is 0.491 e. The predicted octanol–water partition coefficient (Wildman–Crippen LogP) is 2.49. The van der Waals surface area contributed by atoms with Gasteiger partial charge in [0, 0.05) is 17.8 Å². The van der Waals surface area contributed by atoms with Gasteiger partial charge >= 0.3 is 5.97 Å². The number of anilines is 1. The topological polar surface area (TPSA) is 62.7 Å². The molecule has 5 heteroatoms. The van der Waals surface area contributed by atoms with Gasteiger partial charge in [-0.25, -0.2) is 9.78 Å². The van der Waals surface area contributed by atoms with Gasteiger partial charge in [-0.15, -0.1) is 0 Å². The molecule has 1 N–H and O–H groups in total. The van der Waals surface area contributed by atoms with E-state index in [0.717, 1.165) is 17.0 Å². The van der Waals surface area contributed by atoms with Crippen molar-refractivity contribution in [2.24, 2.45) is 0 Å². The zero-order valence-electron chi connectivity index (χ0n) is 11.7. The van der Waals surface area contributed by atoms with Gasteiger partial charge in [-0.1, -0.05) is 18.2 Å². The van der Waals surface area contributed by atoms with E-state index in [2.05, 4.69) is 4.98 Å². The molecule has 1 aliphatic rings. The van der Waals surface area contributed by atoms with Crippen molar-refractivity contribution in [1.82, 2.24) is 4.98 Å². The minimum absolute atomic E-state index is 0.222. The number of ether oxygens (including phenoxy) is 1. The summed E-state index contributed by atoms with van der Waals surface area (Å²) in [6.07, 6.45) is 0. The SMILES string of the molecule is Cc1ccc(C(=O)O)c(N2CCOc3ccccc3C2)n1. The van der Waals surface area contributed by atoms with Crippen LogP contribution in [0.5, 0.6) is 5.75 Å². The molecule has 108 valence electrons. The Hall–Kier alpha value is -2.56. The fraction of sp³-hybridized carbons (Fsp3) is 0.250. The Morgan fingerprint density at radius 2 is 2.10 bits per heavy atom. The molecule has 0 saturated carbocycles. The van der Waals surface area contributed by atoms with Crippen molar-refractivity contribution in [2.45, 2.75) is 13.5 Å². The maximum atomic E-state index is 11.4. The van der Waals surface area contributed by atoms with Crippen LogP contribution in [0, 0.1) is 6.92 Å². The van der Waals surface area contributed by atoms with Gasteiger partial charge in [-0.2, -0.15) is 0 Å². The van der Waals surface area contributed by atoms with E-state index in [9.17, 15) is 9.90 Å². The highest BCUT2D eigenvalue weighted by Gasteiger charge is 2.21. The van der Waals surface area contributed by atoms with Gasteiger partial charge in [0.25, 0.3) is 0 Å².